The third kappa shape index (κ3) is 4.99. The van der Waals surface area contributed by atoms with Crippen LogP contribution in [0.2, 0.25) is 0 Å². The Labute approximate surface area is 149 Å². The van der Waals surface area contributed by atoms with Crippen molar-refractivity contribution in [3.05, 3.63) is 29.8 Å². The van der Waals surface area contributed by atoms with Gasteiger partial charge in [0.15, 0.2) is 18.1 Å². The maximum Gasteiger partial charge on any atom is 0.246 e. The zero-order chi connectivity index (χ0) is 18.2. The predicted molar refractivity (Wildman–Crippen MR) is 97.3 cm³/mol. The molecule has 0 radical (unpaired) electrons. The Morgan fingerprint density at radius 3 is 2.80 bits per heavy atom. The second kappa shape index (κ2) is 9.12. The molecule has 5 nitrogen and oxygen atoms in total. The number of rotatable bonds is 6. The average Bonchev–Trinajstić information content (AvgIpc) is 2.64. The summed E-state index contributed by atoms with van der Waals surface area (Å²) in [5.74, 6) is 1.62. The molecule has 5 heteroatoms. The lowest BCUT2D eigenvalue weighted by atomic mass is 9.85. The van der Waals surface area contributed by atoms with Gasteiger partial charge in [0, 0.05) is 19.2 Å². The molecule has 0 bridgehead atoms. The third-order valence-electron chi connectivity index (χ3n) is 4.81. The first-order valence-corrected chi connectivity index (χ1v) is 8.69. The van der Waals surface area contributed by atoms with Gasteiger partial charge in [-0.15, -0.1) is 0 Å². The second-order valence-corrected chi connectivity index (χ2v) is 6.47. The van der Waals surface area contributed by atoms with E-state index in [4.69, 9.17) is 14.7 Å². The number of carbonyl (C=O) groups excluding carboxylic acids is 1. The van der Waals surface area contributed by atoms with Gasteiger partial charge in [0.05, 0.1) is 7.11 Å². The zero-order valence-electron chi connectivity index (χ0n) is 15.2. The van der Waals surface area contributed by atoms with E-state index in [0.29, 0.717) is 23.5 Å². The maximum atomic E-state index is 12.5. The highest BCUT2D eigenvalue weighted by Crippen LogP contribution is 2.29. The van der Waals surface area contributed by atoms with Gasteiger partial charge in [-0.05, 0) is 42.5 Å². The first-order valence-electron chi connectivity index (χ1n) is 8.69. The van der Waals surface area contributed by atoms with Gasteiger partial charge in [0.2, 0.25) is 5.91 Å². The van der Waals surface area contributed by atoms with Crippen molar-refractivity contribution in [2.24, 2.45) is 5.92 Å². The van der Waals surface area contributed by atoms with E-state index in [2.05, 4.69) is 6.92 Å². The number of ether oxygens (including phenoxy) is 2. The lowest BCUT2D eigenvalue weighted by molar-refractivity contribution is -0.128. The van der Waals surface area contributed by atoms with Crippen molar-refractivity contribution in [3.8, 4) is 17.6 Å². The maximum absolute atomic E-state index is 12.5. The molecule has 1 aromatic carbocycles. The summed E-state index contributed by atoms with van der Waals surface area (Å²) in [6.07, 6.45) is 8.10. The molecule has 1 aromatic rings. The summed E-state index contributed by atoms with van der Waals surface area (Å²) in [6.45, 7) is 2.19. The van der Waals surface area contributed by atoms with E-state index in [0.717, 1.165) is 12.0 Å². The van der Waals surface area contributed by atoms with Crippen LogP contribution in [0.4, 0.5) is 0 Å². The Bertz CT molecular complexity index is 663. The van der Waals surface area contributed by atoms with E-state index >= 15 is 0 Å². The molecule has 0 N–H and O–H groups in total. The lowest BCUT2D eigenvalue weighted by Gasteiger charge is -2.35. The van der Waals surface area contributed by atoms with Crippen molar-refractivity contribution in [2.75, 3.05) is 20.8 Å². The van der Waals surface area contributed by atoms with Gasteiger partial charge in [0.1, 0.15) is 6.07 Å². The lowest BCUT2D eigenvalue weighted by Crippen LogP contribution is -2.41. The molecule has 134 valence electrons. The SMILES string of the molecule is COc1cc(/C=C/C(=O)N(C)C2CCCCC2C)ccc1OCC#N. The fourth-order valence-corrected chi connectivity index (χ4v) is 3.34. The molecule has 0 saturated heterocycles. The number of carbonyl (C=O) groups is 1. The standard InChI is InChI=1S/C20H26N2O3/c1-15-6-4-5-7-17(15)22(2)20(23)11-9-16-8-10-18(25-13-12-21)19(14-16)24-3/h8-11,14-15,17H,4-7,13H2,1-3H3/b11-9+. The molecule has 0 heterocycles. The van der Waals surface area contributed by atoms with Crippen molar-refractivity contribution >= 4 is 12.0 Å². The van der Waals surface area contributed by atoms with Crippen LogP contribution in [0, 0.1) is 17.2 Å². The molecule has 0 aromatic heterocycles. The van der Waals surface area contributed by atoms with Gasteiger partial charge in [0.25, 0.3) is 0 Å². The molecule has 1 fully saturated rings. The van der Waals surface area contributed by atoms with Gasteiger partial charge >= 0.3 is 0 Å². The normalized spacial score (nSPS) is 20.1. The molecule has 0 spiro atoms. The van der Waals surface area contributed by atoms with Crippen molar-refractivity contribution in [2.45, 2.75) is 38.6 Å². The minimum atomic E-state index is -0.0333. The van der Waals surface area contributed by atoms with Gasteiger partial charge in [-0.25, -0.2) is 0 Å². The summed E-state index contributed by atoms with van der Waals surface area (Å²) in [6, 6.07) is 7.62. The molecule has 1 aliphatic carbocycles. The van der Waals surface area contributed by atoms with Crippen LogP contribution >= 0.6 is 0 Å². The molecule has 2 unspecified atom stereocenters. The van der Waals surface area contributed by atoms with Crippen molar-refractivity contribution in [3.63, 3.8) is 0 Å². The highest BCUT2D eigenvalue weighted by atomic mass is 16.5. The Morgan fingerprint density at radius 1 is 1.36 bits per heavy atom. The summed E-state index contributed by atoms with van der Waals surface area (Å²) < 4.78 is 10.6. The number of likely N-dealkylation sites (N-methyl/N-ethyl adjacent to an activating group) is 1. The summed E-state index contributed by atoms with van der Waals surface area (Å²) in [5, 5.41) is 8.60. The highest BCUT2D eigenvalue weighted by molar-refractivity contribution is 5.92. The summed E-state index contributed by atoms with van der Waals surface area (Å²) in [7, 11) is 3.43. The van der Waals surface area contributed by atoms with E-state index in [1.807, 2.05) is 24.1 Å². The van der Waals surface area contributed by atoms with Crippen molar-refractivity contribution in [1.29, 1.82) is 5.26 Å². The number of amides is 1. The third-order valence-corrected chi connectivity index (χ3v) is 4.81. The predicted octanol–water partition coefficient (Wildman–Crippen LogP) is 3.65. The minimum absolute atomic E-state index is 0.0162. The fraction of sp³-hybridized carbons (Fsp3) is 0.500. The van der Waals surface area contributed by atoms with Gasteiger partial charge in [-0.1, -0.05) is 25.8 Å². The van der Waals surface area contributed by atoms with E-state index in [-0.39, 0.29) is 12.5 Å². The number of hydrogen-bond acceptors (Lipinski definition) is 4. The van der Waals surface area contributed by atoms with Crippen LogP contribution in [-0.4, -0.2) is 37.6 Å². The zero-order valence-corrected chi connectivity index (χ0v) is 15.2. The van der Waals surface area contributed by atoms with Crippen molar-refractivity contribution < 1.29 is 14.3 Å². The van der Waals surface area contributed by atoms with E-state index in [1.165, 1.54) is 19.3 Å². The molecule has 2 rings (SSSR count). The summed E-state index contributed by atoms with van der Waals surface area (Å²) >= 11 is 0. The van der Waals surface area contributed by atoms with Crippen LogP contribution in [0.25, 0.3) is 6.08 Å². The van der Waals surface area contributed by atoms with Crippen LogP contribution in [0.5, 0.6) is 11.5 Å². The number of hydrogen-bond donors (Lipinski definition) is 0. The molecule has 1 aliphatic rings. The first-order chi connectivity index (χ1) is 12.1. The monoisotopic (exact) mass is 342 g/mol. The molecule has 1 saturated carbocycles. The molecule has 25 heavy (non-hydrogen) atoms. The second-order valence-electron chi connectivity index (χ2n) is 6.47. The van der Waals surface area contributed by atoms with Crippen LogP contribution < -0.4 is 9.47 Å². The minimum Gasteiger partial charge on any atom is -0.493 e. The Hall–Kier alpha value is -2.48. The Balaban J connectivity index is 2.05. The molecular weight excluding hydrogens is 316 g/mol. The summed E-state index contributed by atoms with van der Waals surface area (Å²) in [5.41, 5.74) is 0.847. The number of methoxy groups -OCH3 is 1. The highest BCUT2D eigenvalue weighted by Gasteiger charge is 2.26. The van der Waals surface area contributed by atoms with E-state index in [9.17, 15) is 4.79 Å². The first kappa shape index (κ1) is 18.9. The van der Waals surface area contributed by atoms with Crippen LogP contribution in [0.1, 0.15) is 38.2 Å². The van der Waals surface area contributed by atoms with E-state index in [1.54, 1.807) is 31.4 Å². The molecule has 1 amide bonds. The van der Waals surface area contributed by atoms with Crippen LogP contribution in [0.3, 0.4) is 0 Å². The largest absolute Gasteiger partial charge is 0.493 e. The Morgan fingerprint density at radius 2 is 2.12 bits per heavy atom. The molecule has 2 atom stereocenters. The van der Waals surface area contributed by atoms with Gasteiger partial charge in [-0.2, -0.15) is 5.26 Å². The van der Waals surface area contributed by atoms with Crippen LogP contribution in [0.15, 0.2) is 24.3 Å². The number of nitriles is 1. The molecule has 0 aliphatic heterocycles. The fourth-order valence-electron chi connectivity index (χ4n) is 3.34. The Kier molecular flexibility index (Phi) is 6.88. The van der Waals surface area contributed by atoms with Gasteiger partial charge in [-0.3, -0.25) is 4.79 Å². The molecular formula is C20H26N2O3. The topological polar surface area (TPSA) is 62.6 Å². The van der Waals surface area contributed by atoms with Gasteiger partial charge < -0.3 is 14.4 Å². The quantitative estimate of drug-likeness (QED) is 0.740. The summed E-state index contributed by atoms with van der Waals surface area (Å²) in [4.78, 5) is 14.3. The van der Waals surface area contributed by atoms with E-state index < -0.39 is 0 Å². The smallest absolute Gasteiger partial charge is 0.246 e. The number of benzene rings is 1. The van der Waals surface area contributed by atoms with Crippen molar-refractivity contribution in [1.82, 2.24) is 4.90 Å². The average molecular weight is 342 g/mol. The number of nitrogens with zero attached hydrogens (tertiary/aromatic N) is 2. The van der Waals surface area contributed by atoms with Crippen LogP contribution in [-0.2, 0) is 4.79 Å².